The molecule has 1 saturated heterocycles. The highest BCUT2D eigenvalue weighted by Crippen LogP contribution is 2.42. The largest absolute Gasteiger partial charge is 0.311 e. The third-order valence-corrected chi connectivity index (χ3v) is 4.68. The number of hydrogen-bond donors (Lipinski definition) is 1. The molecular weight excluding hydrogens is 348 g/mol. The molecule has 0 radical (unpaired) electrons. The summed E-state index contributed by atoms with van der Waals surface area (Å²) < 4.78 is 1.24. The zero-order valence-corrected chi connectivity index (χ0v) is 12.9. The highest BCUT2D eigenvalue weighted by Gasteiger charge is 2.37. The minimum absolute atomic E-state index is 0.185. The van der Waals surface area contributed by atoms with Gasteiger partial charge < -0.3 is 10.2 Å². The summed E-state index contributed by atoms with van der Waals surface area (Å²) in [6, 6.07) is 5.55. The fourth-order valence-corrected chi connectivity index (χ4v) is 3.57. The molecule has 2 amide bonds. The summed E-state index contributed by atoms with van der Waals surface area (Å²) in [5.74, 6) is -0.491. The van der Waals surface area contributed by atoms with E-state index in [4.69, 9.17) is 12.2 Å². The zero-order chi connectivity index (χ0) is 13.7. The average Bonchev–Trinajstić information content (AvgIpc) is 2.78. The van der Waals surface area contributed by atoms with Gasteiger partial charge in [0.2, 0.25) is 0 Å². The molecule has 2 aliphatic heterocycles. The van der Waals surface area contributed by atoms with Crippen LogP contribution in [-0.4, -0.2) is 23.2 Å². The molecule has 0 bridgehead atoms. The Hall–Kier alpha value is -1.18. The molecule has 1 fully saturated rings. The van der Waals surface area contributed by atoms with Crippen LogP contribution in [0.25, 0.3) is 5.57 Å². The Balaban J connectivity index is 2.27. The number of fused-ring (bicyclic) bond motifs is 1. The molecule has 3 rings (SSSR count). The van der Waals surface area contributed by atoms with E-state index in [1.807, 2.05) is 18.2 Å². The van der Waals surface area contributed by atoms with Crippen molar-refractivity contribution in [2.75, 3.05) is 11.9 Å². The lowest BCUT2D eigenvalue weighted by atomic mass is 10.1. The van der Waals surface area contributed by atoms with Crippen LogP contribution in [0.15, 0.2) is 27.6 Å². The van der Waals surface area contributed by atoms with Crippen molar-refractivity contribution in [1.82, 2.24) is 5.32 Å². The second-order valence-electron chi connectivity index (χ2n) is 4.07. The van der Waals surface area contributed by atoms with E-state index in [0.717, 1.165) is 27.5 Å². The van der Waals surface area contributed by atoms with Gasteiger partial charge in [0, 0.05) is 17.1 Å². The van der Waals surface area contributed by atoms with Crippen LogP contribution in [-0.2, 0) is 9.59 Å². The molecule has 19 heavy (non-hydrogen) atoms. The number of carbonyl (C=O) groups is 2. The number of thiocarbonyl (C=S) groups is 1. The molecule has 1 N–H and O–H groups in total. The first-order valence-corrected chi connectivity index (χ1v) is 7.36. The van der Waals surface area contributed by atoms with Gasteiger partial charge in [0.1, 0.15) is 4.32 Å². The lowest BCUT2D eigenvalue weighted by molar-refractivity contribution is -0.116. The first kappa shape index (κ1) is 12.8. The Labute approximate surface area is 127 Å². The zero-order valence-electron chi connectivity index (χ0n) is 9.69. The fourth-order valence-electron chi connectivity index (χ4n) is 2.09. The maximum absolute atomic E-state index is 12.3. The molecule has 2 heterocycles. The van der Waals surface area contributed by atoms with Crippen LogP contribution in [0.1, 0.15) is 5.56 Å². The number of halogens is 1. The quantitative estimate of drug-likeness (QED) is 0.573. The average molecular weight is 355 g/mol. The van der Waals surface area contributed by atoms with Crippen molar-refractivity contribution in [2.45, 2.75) is 0 Å². The van der Waals surface area contributed by atoms with Gasteiger partial charge in [-0.1, -0.05) is 39.9 Å². The first-order chi connectivity index (χ1) is 8.99. The van der Waals surface area contributed by atoms with E-state index in [2.05, 4.69) is 21.2 Å². The molecular formula is C12H7BrN2O2S2. The Bertz CT molecular complexity index is 684. The minimum Gasteiger partial charge on any atom is -0.311 e. The van der Waals surface area contributed by atoms with Crippen molar-refractivity contribution in [3.63, 3.8) is 0 Å². The van der Waals surface area contributed by atoms with Crippen LogP contribution in [0, 0.1) is 0 Å². The first-order valence-electron chi connectivity index (χ1n) is 5.34. The molecule has 2 aliphatic rings. The van der Waals surface area contributed by atoms with Crippen molar-refractivity contribution in [2.24, 2.45) is 0 Å². The molecule has 0 unspecified atom stereocenters. The normalized spacial score (nSPS) is 22.0. The summed E-state index contributed by atoms with van der Waals surface area (Å²) >= 11 is 9.48. The molecule has 0 saturated carbocycles. The third kappa shape index (κ3) is 1.92. The lowest BCUT2D eigenvalue weighted by Gasteiger charge is -2.08. The van der Waals surface area contributed by atoms with Crippen LogP contribution < -0.4 is 10.2 Å². The number of hydrogen-bond acceptors (Lipinski definition) is 4. The van der Waals surface area contributed by atoms with Crippen molar-refractivity contribution in [1.29, 1.82) is 0 Å². The molecule has 96 valence electrons. The van der Waals surface area contributed by atoms with Gasteiger partial charge in [0.15, 0.2) is 0 Å². The molecule has 0 spiro atoms. The van der Waals surface area contributed by atoms with Gasteiger partial charge in [-0.15, -0.1) is 0 Å². The van der Waals surface area contributed by atoms with Gasteiger partial charge >= 0.3 is 0 Å². The molecule has 7 heteroatoms. The molecule has 4 nitrogen and oxygen atoms in total. The number of anilines is 1. The Morgan fingerprint density at radius 2 is 2.11 bits per heavy atom. The summed E-state index contributed by atoms with van der Waals surface area (Å²) in [4.78, 5) is 26.1. The lowest BCUT2D eigenvalue weighted by Crippen LogP contribution is -2.22. The standard InChI is InChI=1S/C12H7BrN2O2S2/c1-15-7-3-2-5(13)4-6(7)8(11(15)17)9-10(16)14-12(18)19-9/h2-4H,1H3,(H,14,16,18). The fraction of sp³-hybridized carbons (Fsp3) is 0.0833. The van der Waals surface area contributed by atoms with Crippen molar-refractivity contribution in [3.05, 3.63) is 33.1 Å². The number of thioether (sulfide) groups is 1. The maximum atomic E-state index is 12.3. The van der Waals surface area contributed by atoms with Crippen molar-refractivity contribution in [3.8, 4) is 0 Å². The Kier molecular flexibility index (Phi) is 2.99. The smallest absolute Gasteiger partial charge is 0.264 e. The Morgan fingerprint density at radius 3 is 2.74 bits per heavy atom. The van der Waals surface area contributed by atoms with Gasteiger partial charge in [-0.25, -0.2) is 0 Å². The van der Waals surface area contributed by atoms with Gasteiger partial charge in [0.25, 0.3) is 11.8 Å². The Morgan fingerprint density at radius 1 is 1.37 bits per heavy atom. The SMILES string of the molecule is CN1C(=O)C(=C2SC(=S)NC2=O)c2cc(Br)ccc21. The summed E-state index contributed by atoms with van der Waals surface area (Å²) in [6.07, 6.45) is 0. The van der Waals surface area contributed by atoms with E-state index in [1.165, 1.54) is 0 Å². The summed E-state index contributed by atoms with van der Waals surface area (Å²) in [6.45, 7) is 0. The summed E-state index contributed by atoms with van der Waals surface area (Å²) in [5.41, 5.74) is 1.97. The topological polar surface area (TPSA) is 49.4 Å². The molecule has 0 aliphatic carbocycles. The van der Waals surface area contributed by atoms with E-state index >= 15 is 0 Å². The van der Waals surface area contributed by atoms with E-state index in [-0.39, 0.29) is 11.8 Å². The molecule has 1 aromatic rings. The number of rotatable bonds is 0. The van der Waals surface area contributed by atoms with Gasteiger partial charge in [-0.05, 0) is 18.2 Å². The number of benzene rings is 1. The number of carbonyl (C=O) groups excluding carboxylic acids is 2. The van der Waals surface area contributed by atoms with Crippen LogP contribution in [0.3, 0.4) is 0 Å². The second-order valence-corrected chi connectivity index (χ2v) is 6.68. The van der Waals surface area contributed by atoms with Crippen LogP contribution >= 0.6 is 39.9 Å². The number of nitrogens with one attached hydrogen (secondary N) is 1. The summed E-state index contributed by atoms with van der Waals surface area (Å²) in [7, 11) is 1.69. The van der Waals surface area contributed by atoms with Gasteiger partial charge in [0.05, 0.1) is 16.2 Å². The van der Waals surface area contributed by atoms with Crippen LogP contribution in [0.4, 0.5) is 5.69 Å². The van der Waals surface area contributed by atoms with Crippen LogP contribution in [0.5, 0.6) is 0 Å². The minimum atomic E-state index is -0.306. The van der Waals surface area contributed by atoms with E-state index < -0.39 is 0 Å². The molecule has 1 aromatic carbocycles. The van der Waals surface area contributed by atoms with E-state index in [1.54, 1.807) is 11.9 Å². The molecule has 0 atom stereocenters. The monoisotopic (exact) mass is 354 g/mol. The predicted octanol–water partition coefficient (Wildman–Crippen LogP) is 2.28. The predicted molar refractivity (Wildman–Crippen MR) is 82.8 cm³/mol. The third-order valence-electron chi connectivity index (χ3n) is 2.95. The maximum Gasteiger partial charge on any atom is 0.264 e. The highest BCUT2D eigenvalue weighted by atomic mass is 79.9. The number of nitrogens with zero attached hydrogens (tertiary/aromatic N) is 1. The number of likely N-dealkylation sites (N-methyl/N-ethyl adjacent to an activating group) is 1. The van der Waals surface area contributed by atoms with Crippen molar-refractivity contribution < 1.29 is 9.59 Å². The highest BCUT2D eigenvalue weighted by molar-refractivity contribution is 9.10. The van der Waals surface area contributed by atoms with E-state index in [9.17, 15) is 9.59 Å². The van der Waals surface area contributed by atoms with Gasteiger partial charge in [-0.3, -0.25) is 9.59 Å². The number of amides is 2. The molecule has 0 aromatic heterocycles. The second kappa shape index (κ2) is 4.43. The summed E-state index contributed by atoms with van der Waals surface area (Å²) in [5, 5.41) is 2.54. The van der Waals surface area contributed by atoms with Crippen molar-refractivity contribution >= 4 is 67.3 Å². The van der Waals surface area contributed by atoms with E-state index in [0.29, 0.717) is 14.8 Å². The van der Waals surface area contributed by atoms with Crippen LogP contribution in [0.2, 0.25) is 0 Å². The van der Waals surface area contributed by atoms with Gasteiger partial charge in [-0.2, -0.15) is 0 Å².